The van der Waals surface area contributed by atoms with Gasteiger partial charge in [-0.3, -0.25) is 18.7 Å². The number of hydrogen-bond donors (Lipinski definition) is 9. The zero-order chi connectivity index (χ0) is 28.2. The van der Waals surface area contributed by atoms with Gasteiger partial charge in [0.1, 0.15) is 19.1 Å². The first-order valence-electron chi connectivity index (χ1n) is 9.77. The fourth-order valence-corrected chi connectivity index (χ4v) is 3.45. The van der Waals surface area contributed by atoms with Crippen molar-refractivity contribution in [3.63, 3.8) is 0 Å². The Labute approximate surface area is 241 Å². The normalized spacial score (nSPS) is 8.98. The molecular formula is C15H49N5O17P4. The molecule has 0 aromatic rings. The molecule has 0 fully saturated rings. The topological polar surface area (TPSA) is 438 Å². The Balaban J connectivity index is -0.0000000538. The van der Waals surface area contributed by atoms with E-state index < -0.39 is 46.0 Å². The quantitative estimate of drug-likeness (QED) is 0.0764. The Hall–Kier alpha value is -1.57. The van der Waals surface area contributed by atoms with E-state index in [4.69, 9.17) is 29.8 Å². The zero-order valence-corrected chi connectivity index (χ0v) is 26.6. The first-order valence-corrected chi connectivity index (χ1v) is 15.0. The number of amides is 2. The number of nitrogens with zero attached hydrogens (tertiary/aromatic N) is 2. The first-order chi connectivity index (χ1) is 15.9. The lowest BCUT2D eigenvalue weighted by Crippen LogP contribution is -2.45. The molecule has 2 atom stereocenters. The van der Waals surface area contributed by atoms with Gasteiger partial charge >= 0.3 is 33.2 Å². The van der Waals surface area contributed by atoms with Crippen LogP contribution < -0.4 is 16.0 Å². The predicted molar refractivity (Wildman–Crippen MR) is 158 cm³/mol. The lowest BCUT2D eigenvalue weighted by atomic mass is 10.5. The van der Waals surface area contributed by atoms with E-state index in [2.05, 4.69) is 41.0 Å². The second-order valence-corrected chi connectivity index (χ2v) is 10.3. The van der Waals surface area contributed by atoms with Crippen LogP contribution >= 0.6 is 33.7 Å². The van der Waals surface area contributed by atoms with Gasteiger partial charge in [0.15, 0.2) is 0 Å². The predicted octanol–water partition coefficient (Wildman–Crippen LogP) is -5.88. The van der Waals surface area contributed by atoms with Crippen molar-refractivity contribution in [1.29, 1.82) is 0 Å². The molecule has 21 N–H and O–H groups in total. The molecule has 2 unspecified atom stereocenters. The summed E-state index contributed by atoms with van der Waals surface area (Å²) in [4.78, 5) is 68.2. The van der Waals surface area contributed by atoms with Gasteiger partial charge in [-0.1, -0.05) is 13.5 Å². The van der Waals surface area contributed by atoms with Crippen molar-refractivity contribution in [3.05, 3.63) is 12.4 Å². The van der Waals surface area contributed by atoms with Crippen molar-refractivity contribution in [3.8, 4) is 0 Å². The molecule has 0 aliphatic rings. The third-order valence-electron chi connectivity index (χ3n) is 3.16. The standard InChI is InChI=1S/C7H16N2O6P2.C4H12N2O3P2.C4H9NO2.6H2O/c1-2-8(4-16)7(12)9(3-6(10)11)5-17(13,14)15;1-4(5-2-10)6-3-11(7,8)9;1-2-5-3-4(6)7;;;;;;/h2-5,16H2,1H3,(H,10,11)(H2,13,14,15);5-6H,1-3,10H2,(H2,7,8,9);5H,2-3H2,1H3,(H,6,7);6*1H2. The number of urea groups is 1. The molecule has 0 spiro atoms. The maximum atomic E-state index is 11.8. The fourth-order valence-electron chi connectivity index (χ4n) is 1.72. The molecular weight excluding hydrogens is 646 g/mol. The third kappa shape index (κ3) is 48.5. The van der Waals surface area contributed by atoms with Crippen molar-refractivity contribution in [2.45, 2.75) is 13.8 Å². The minimum atomic E-state index is -4.48. The molecule has 0 radical (unpaired) electrons. The number of carboxylic acids is 2. The van der Waals surface area contributed by atoms with E-state index in [1.807, 2.05) is 6.92 Å². The molecule has 41 heavy (non-hydrogen) atoms. The minimum Gasteiger partial charge on any atom is -0.480 e. The van der Waals surface area contributed by atoms with Crippen LogP contribution in [0.1, 0.15) is 13.8 Å². The van der Waals surface area contributed by atoms with Gasteiger partial charge in [0.2, 0.25) is 0 Å². The summed E-state index contributed by atoms with van der Waals surface area (Å²) in [5.74, 6) is -1.73. The average Bonchev–Trinajstić information content (AvgIpc) is 2.70. The van der Waals surface area contributed by atoms with Crippen LogP contribution in [0, 0.1) is 0 Å². The van der Waals surface area contributed by atoms with Crippen molar-refractivity contribution >= 4 is 51.6 Å². The van der Waals surface area contributed by atoms with E-state index in [0.717, 1.165) is 0 Å². The largest absolute Gasteiger partial charge is 0.480 e. The Morgan fingerprint density at radius 3 is 1.51 bits per heavy atom. The molecule has 0 saturated heterocycles. The third-order valence-corrected chi connectivity index (χ3v) is 5.09. The lowest BCUT2D eigenvalue weighted by molar-refractivity contribution is -0.138. The van der Waals surface area contributed by atoms with Gasteiger partial charge in [-0.05, 0) is 13.5 Å². The molecule has 26 heteroatoms. The minimum absolute atomic E-state index is 0. The van der Waals surface area contributed by atoms with Crippen molar-refractivity contribution < 1.29 is 86.2 Å². The number of likely N-dealkylation sites (N-methyl/N-ethyl adjacent to an activating group) is 1. The SMILES string of the molecule is C=C(NCP)NCP(=O)(O)O.CCN(CP)C(=O)N(CC(=O)O)CP(=O)(O)O.CCNCC(=O)O.O.O.O.O.O.O. The summed E-state index contributed by atoms with van der Waals surface area (Å²) < 4.78 is 21.1. The Kier molecular flexibility index (Phi) is 53.1. The molecule has 2 amide bonds. The highest BCUT2D eigenvalue weighted by Crippen LogP contribution is 2.35. The van der Waals surface area contributed by atoms with Gasteiger partial charge < -0.3 is 88.4 Å². The molecule has 0 aromatic heterocycles. The number of aliphatic carboxylic acids is 2. The van der Waals surface area contributed by atoms with Crippen molar-refractivity contribution in [2.24, 2.45) is 0 Å². The van der Waals surface area contributed by atoms with Gasteiger partial charge in [0, 0.05) is 19.1 Å². The van der Waals surface area contributed by atoms with Crippen molar-refractivity contribution in [2.75, 3.05) is 51.3 Å². The van der Waals surface area contributed by atoms with E-state index in [1.165, 1.54) is 4.90 Å². The average molecular weight is 695 g/mol. The highest BCUT2D eigenvalue weighted by Gasteiger charge is 2.27. The second kappa shape index (κ2) is 34.6. The molecule has 0 aromatic carbocycles. The van der Waals surface area contributed by atoms with Crippen LogP contribution in [0.5, 0.6) is 0 Å². The van der Waals surface area contributed by atoms with Gasteiger partial charge in [-0.25, -0.2) is 4.79 Å². The highest BCUT2D eigenvalue weighted by molar-refractivity contribution is 7.51. The maximum absolute atomic E-state index is 11.8. The molecule has 0 saturated carbocycles. The van der Waals surface area contributed by atoms with E-state index in [-0.39, 0.29) is 52.0 Å². The number of nitrogens with one attached hydrogen (secondary N) is 3. The zero-order valence-electron chi connectivity index (χ0n) is 22.5. The van der Waals surface area contributed by atoms with Crippen LogP contribution in [0.4, 0.5) is 4.79 Å². The summed E-state index contributed by atoms with van der Waals surface area (Å²) in [5.41, 5.74) is 0. The van der Waals surface area contributed by atoms with Crippen LogP contribution in [-0.4, -0.2) is 142 Å². The number of carbonyl (C=O) groups excluding carboxylic acids is 1. The number of rotatable bonds is 14. The summed E-state index contributed by atoms with van der Waals surface area (Å²) in [6, 6.07) is -0.715. The molecule has 0 bridgehead atoms. The molecule has 256 valence electrons. The molecule has 22 nitrogen and oxygen atoms in total. The van der Waals surface area contributed by atoms with Gasteiger partial charge in [-0.2, -0.15) is 0 Å². The van der Waals surface area contributed by atoms with E-state index in [0.29, 0.717) is 30.1 Å². The van der Waals surface area contributed by atoms with Crippen LogP contribution in [0.2, 0.25) is 0 Å². The number of carboxylic acid groups (broad SMARTS) is 2. The number of carbonyl (C=O) groups is 3. The summed E-state index contributed by atoms with van der Waals surface area (Å²) in [6.45, 7) is 7.37. The smallest absolute Gasteiger partial charge is 0.344 e. The van der Waals surface area contributed by atoms with Crippen molar-refractivity contribution in [1.82, 2.24) is 25.8 Å². The van der Waals surface area contributed by atoms with Gasteiger partial charge in [0.25, 0.3) is 0 Å². The lowest BCUT2D eigenvalue weighted by Gasteiger charge is -2.28. The molecule has 0 heterocycles. The Morgan fingerprint density at radius 2 is 1.27 bits per heavy atom. The summed E-state index contributed by atoms with van der Waals surface area (Å²) >= 11 is 0. The van der Waals surface area contributed by atoms with Crippen LogP contribution in [0.15, 0.2) is 12.4 Å². The van der Waals surface area contributed by atoms with E-state index >= 15 is 0 Å². The number of hydrogen-bond acceptors (Lipinski definition) is 8. The molecule has 0 rings (SSSR count). The van der Waals surface area contributed by atoms with Gasteiger partial charge in [-0.15, -0.1) is 18.5 Å². The summed E-state index contributed by atoms with van der Waals surface area (Å²) in [6.07, 6.45) is -0.442. The van der Waals surface area contributed by atoms with E-state index in [9.17, 15) is 23.5 Å². The van der Waals surface area contributed by atoms with Crippen LogP contribution in [0.3, 0.4) is 0 Å². The fraction of sp³-hybridized carbons (Fsp3) is 0.667. The summed E-state index contributed by atoms with van der Waals surface area (Å²) in [7, 11) is -3.76. The highest BCUT2D eigenvalue weighted by atomic mass is 31.2. The summed E-state index contributed by atoms with van der Waals surface area (Å²) in [5, 5.41) is 24.4. The molecule has 0 aliphatic heterocycles. The maximum Gasteiger partial charge on any atom is 0.344 e. The van der Waals surface area contributed by atoms with Crippen LogP contribution in [0.25, 0.3) is 0 Å². The second-order valence-electron chi connectivity index (χ2n) is 6.25. The van der Waals surface area contributed by atoms with E-state index in [1.54, 1.807) is 6.92 Å². The Morgan fingerprint density at radius 1 is 0.805 bits per heavy atom. The Bertz CT molecular complexity index is 752. The van der Waals surface area contributed by atoms with Gasteiger partial charge in [0.05, 0.1) is 12.4 Å². The van der Waals surface area contributed by atoms with Crippen LogP contribution in [-0.2, 0) is 18.7 Å². The monoisotopic (exact) mass is 695 g/mol. The molecule has 0 aliphatic carbocycles. The first kappa shape index (κ1) is 62.9.